The lowest BCUT2D eigenvalue weighted by atomic mass is 10.2. The second kappa shape index (κ2) is 6.34. The van der Waals surface area contributed by atoms with Crippen LogP contribution in [0, 0.1) is 0 Å². The molecule has 2 amide bonds. The van der Waals surface area contributed by atoms with Gasteiger partial charge in [-0.1, -0.05) is 6.92 Å². The molecule has 0 bridgehead atoms. The molecule has 0 saturated carbocycles. The van der Waals surface area contributed by atoms with Gasteiger partial charge < -0.3 is 19.9 Å². The molecular weight excluding hydrogens is 246 g/mol. The highest BCUT2D eigenvalue weighted by Gasteiger charge is 2.37. The zero-order chi connectivity index (χ0) is 13.8. The summed E-state index contributed by atoms with van der Waals surface area (Å²) in [5, 5.41) is 3.16. The van der Waals surface area contributed by atoms with Crippen LogP contribution in [0.1, 0.15) is 20.3 Å². The van der Waals surface area contributed by atoms with Crippen molar-refractivity contribution in [2.24, 2.45) is 0 Å². The average molecular weight is 269 g/mol. The van der Waals surface area contributed by atoms with Gasteiger partial charge in [-0.05, 0) is 19.9 Å². The summed E-state index contributed by atoms with van der Waals surface area (Å²) in [5.74, 6) is 0.0877. The van der Waals surface area contributed by atoms with Crippen LogP contribution in [0.3, 0.4) is 0 Å². The van der Waals surface area contributed by atoms with Crippen molar-refractivity contribution >= 4 is 11.8 Å². The van der Waals surface area contributed by atoms with Gasteiger partial charge in [0, 0.05) is 19.6 Å². The Kier molecular flexibility index (Phi) is 4.76. The van der Waals surface area contributed by atoms with Crippen molar-refractivity contribution in [3.8, 4) is 0 Å². The zero-order valence-corrected chi connectivity index (χ0v) is 11.7. The summed E-state index contributed by atoms with van der Waals surface area (Å²) < 4.78 is 5.24. The summed E-state index contributed by atoms with van der Waals surface area (Å²) in [5.41, 5.74) is 0. The Morgan fingerprint density at radius 1 is 1.42 bits per heavy atom. The highest BCUT2D eigenvalue weighted by atomic mass is 16.5. The summed E-state index contributed by atoms with van der Waals surface area (Å²) in [7, 11) is 0. The van der Waals surface area contributed by atoms with E-state index < -0.39 is 0 Å². The second-order valence-corrected chi connectivity index (χ2v) is 5.04. The number of hydrogen-bond donors (Lipinski definition) is 1. The van der Waals surface area contributed by atoms with Crippen LogP contribution in [-0.4, -0.2) is 73.1 Å². The Morgan fingerprint density at radius 2 is 2.11 bits per heavy atom. The Labute approximate surface area is 114 Å². The van der Waals surface area contributed by atoms with E-state index in [1.807, 2.05) is 13.8 Å². The van der Waals surface area contributed by atoms with Crippen molar-refractivity contribution in [2.75, 3.05) is 39.4 Å². The molecule has 2 aliphatic heterocycles. The number of carbonyl (C=O) groups is 2. The molecule has 0 radical (unpaired) electrons. The Morgan fingerprint density at radius 3 is 2.74 bits per heavy atom. The van der Waals surface area contributed by atoms with E-state index in [1.54, 1.807) is 9.80 Å². The molecule has 2 atom stereocenters. The third-order valence-electron chi connectivity index (χ3n) is 3.84. The minimum absolute atomic E-state index is 0.0359. The number of ether oxygens (including phenoxy) is 1. The maximum atomic E-state index is 12.4. The van der Waals surface area contributed by atoms with E-state index in [4.69, 9.17) is 4.74 Å². The van der Waals surface area contributed by atoms with Gasteiger partial charge in [0.15, 0.2) is 0 Å². The molecule has 19 heavy (non-hydrogen) atoms. The van der Waals surface area contributed by atoms with E-state index in [2.05, 4.69) is 5.32 Å². The van der Waals surface area contributed by atoms with E-state index in [-0.39, 0.29) is 23.9 Å². The summed E-state index contributed by atoms with van der Waals surface area (Å²) >= 11 is 0. The molecule has 6 nitrogen and oxygen atoms in total. The highest BCUT2D eigenvalue weighted by Crippen LogP contribution is 2.16. The molecule has 2 rings (SSSR count). The molecular formula is C13H23N3O3. The average Bonchev–Trinajstić information content (AvgIpc) is 2.80. The number of morpholine rings is 1. The molecule has 0 aromatic heterocycles. The van der Waals surface area contributed by atoms with Gasteiger partial charge in [-0.3, -0.25) is 9.59 Å². The van der Waals surface area contributed by atoms with E-state index in [1.165, 1.54) is 0 Å². The van der Waals surface area contributed by atoms with Crippen LogP contribution in [0.5, 0.6) is 0 Å². The summed E-state index contributed by atoms with van der Waals surface area (Å²) in [4.78, 5) is 28.0. The summed E-state index contributed by atoms with van der Waals surface area (Å²) in [6.07, 6.45) is 0.785. The molecule has 0 aromatic rings. The van der Waals surface area contributed by atoms with Gasteiger partial charge in [0.2, 0.25) is 11.8 Å². The molecule has 2 aliphatic rings. The van der Waals surface area contributed by atoms with E-state index in [9.17, 15) is 9.59 Å². The Bertz CT molecular complexity index is 342. The van der Waals surface area contributed by atoms with Gasteiger partial charge in [-0.2, -0.15) is 0 Å². The zero-order valence-electron chi connectivity index (χ0n) is 11.7. The smallest absolute Gasteiger partial charge is 0.245 e. The second-order valence-electron chi connectivity index (χ2n) is 5.04. The lowest BCUT2D eigenvalue weighted by Crippen LogP contribution is -2.52. The standard InChI is InChI=1S/C13H23N3O3/c1-3-14-11-4-5-16(13(11)18)10(2)12(17)15-6-8-19-9-7-15/h10-11,14H,3-9H2,1-2H3. The predicted molar refractivity (Wildman–Crippen MR) is 70.7 cm³/mol. The van der Waals surface area contributed by atoms with Crippen LogP contribution in [0.4, 0.5) is 0 Å². The molecule has 2 unspecified atom stereocenters. The molecule has 2 heterocycles. The topological polar surface area (TPSA) is 61.9 Å². The molecule has 2 fully saturated rings. The van der Waals surface area contributed by atoms with Crippen LogP contribution >= 0.6 is 0 Å². The van der Waals surface area contributed by atoms with Gasteiger partial charge in [-0.15, -0.1) is 0 Å². The maximum absolute atomic E-state index is 12.4. The first-order valence-corrected chi connectivity index (χ1v) is 7.05. The van der Waals surface area contributed by atoms with Gasteiger partial charge in [0.1, 0.15) is 6.04 Å². The van der Waals surface area contributed by atoms with Gasteiger partial charge in [0.25, 0.3) is 0 Å². The maximum Gasteiger partial charge on any atom is 0.245 e. The molecule has 108 valence electrons. The first-order valence-electron chi connectivity index (χ1n) is 7.05. The normalized spacial score (nSPS) is 25.8. The van der Waals surface area contributed by atoms with Crippen molar-refractivity contribution in [3.63, 3.8) is 0 Å². The number of rotatable bonds is 4. The fourth-order valence-electron chi connectivity index (χ4n) is 2.70. The van der Waals surface area contributed by atoms with Crippen molar-refractivity contribution in [3.05, 3.63) is 0 Å². The summed E-state index contributed by atoms with van der Waals surface area (Å²) in [6, 6.07) is -0.487. The number of carbonyl (C=O) groups excluding carboxylic acids is 2. The minimum Gasteiger partial charge on any atom is -0.378 e. The first-order chi connectivity index (χ1) is 9.15. The highest BCUT2D eigenvalue weighted by molar-refractivity contribution is 5.91. The van der Waals surface area contributed by atoms with E-state index in [0.717, 1.165) is 13.0 Å². The number of nitrogens with one attached hydrogen (secondary N) is 1. The third kappa shape index (κ3) is 3.06. The Balaban J connectivity index is 1.93. The van der Waals surface area contributed by atoms with Crippen molar-refractivity contribution in [2.45, 2.75) is 32.4 Å². The first kappa shape index (κ1) is 14.3. The Hall–Kier alpha value is -1.14. The molecule has 0 aliphatic carbocycles. The quantitative estimate of drug-likeness (QED) is 0.743. The number of nitrogens with zero attached hydrogens (tertiary/aromatic N) is 2. The molecule has 6 heteroatoms. The largest absolute Gasteiger partial charge is 0.378 e. The van der Waals surface area contributed by atoms with Crippen molar-refractivity contribution < 1.29 is 14.3 Å². The fraction of sp³-hybridized carbons (Fsp3) is 0.846. The minimum atomic E-state index is -0.366. The predicted octanol–water partition coefficient (Wildman–Crippen LogP) is -0.556. The summed E-state index contributed by atoms with van der Waals surface area (Å²) in [6.45, 7) is 7.68. The van der Waals surface area contributed by atoms with Crippen molar-refractivity contribution in [1.29, 1.82) is 0 Å². The van der Waals surface area contributed by atoms with Crippen LogP contribution < -0.4 is 5.32 Å². The number of likely N-dealkylation sites (tertiary alicyclic amines) is 1. The van der Waals surface area contributed by atoms with Crippen LogP contribution in [0.25, 0.3) is 0 Å². The van der Waals surface area contributed by atoms with E-state index >= 15 is 0 Å². The van der Waals surface area contributed by atoms with E-state index in [0.29, 0.717) is 32.8 Å². The van der Waals surface area contributed by atoms with Gasteiger partial charge >= 0.3 is 0 Å². The lowest BCUT2D eigenvalue weighted by molar-refractivity contribution is -0.146. The molecule has 2 saturated heterocycles. The monoisotopic (exact) mass is 269 g/mol. The number of amides is 2. The van der Waals surface area contributed by atoms with Crippen molar-refractivity contribution in [1.82, 2.24) is 15.1 Å². The SMILES string of the molecule is CCNC1CCN(C(C)C(=O)N2CCOCC2)C1=O. The van der Waals surface area contributed by atoms with Crippen LogP contribution in [0.15, 0.2) is 0 Å². The molecule has 1 N–H and O–H groups in total. The molecule has 0 aromatic carbocycles. The van der Waals surface area contributed by atoms with Crippen LogP contribution in [0.2, 0.25) is 0 Å². The number of likely N-dealkylation sites (N-methyl/N-ethyl adjacent to an activating group) is 1. The van der Waals surface area contributed by atoms with Crippen LogP contribution in [-0.2, 0) is 14.3 Å². The number of hydrogen-bond acceptors (Lipinski definition) is 4. The van der Waals surface area contributed by atoms with Gasteiger partial charge in [-0.25, -0.2) is 0 Å². The molecule has 0 spiro atoms. The van der Waals surface area contributed by atoms with Gasteiger partial charge in [0.05, 0.1) is 19.3 Å². The lowest BCUT2D eigenvalue weighted by Gasteiger charge is -2.32. The fourth-order valence-corrected chi connectivity index (χ4v) is 2.70. The third-order valence-corrected chi connectivity index (χ3v) is 3.84.